The van der Waals surface area contributed by atoms with Crippen molar-refractivity contribution in [3.05, 3.63) is 29.8 Å². The Labute approximate surface area is 110 Å². The van der Waals surface area contributed by atoms with Crippen molar-refractivity contribution in [2.24, 2.45) is 5.92 Å². The van der Waals surface area contributed by atoms with Crippen LogP contribution < -0.4 is 0 Å². The zero-order chi connectivity index (χ0) is 12.6. The maximum atomic E-state index is 9.77. The second kappa shape index (κ2) is 4.58. The van der Waals surface area contributed by atoms with Crippen LogP contribution in [0.2, 0.25) is 0 Å². The molecule has 1 saturated carbocycles. The van der Waals surface area contributed by atoms with E-state index in [0.717, 1.165) is 5.92 Å². The van der Waals surface area contributed by atoms with E-state index in [1.807, 2.05) is 12.1 Å². The van der Waals surface area contributed by atoms with Gasteiger partial charge in [0.15, 0.2) is 0 Å². The standard InChI is InChI=1S/C16H23NO/c1-17-10-9-16(8-3-2-5-14(16)12-17)13-6-4-7-15(18)11-13/h4,6-7,11,14,18H,2-3,5,8-10,12H2,1H3/t14-,16-/m1/s1. The van der Waals surface area contributed by atoms with E-state index in [1.165, 1.54) is 50.8 Å². The largest absolute Gasteiger partial charge is 0.508 e. The highest BCUT2D eigenvalue weighted by Gasteiger charge is 2.44. The number of nitrogens with zero attached hydrogens (tertiary/aromatic N) is 1. The van der Waals surface area contributed by atoms with Crippen LogP contribution >= 0.6 is 0 Å². The summed E-state index contributed by atoms with van der Waals surface area (Å²) in [7, 11) is 2.24. The third kappa shape index (κ3) is 1.93. The molecule has 1 aromatic carbocycles. The van der Waals surface area contributed by atoms with Crippen LogP contribution in [0.1, 0.15) is 37.7 Å². The number of aromatic hydroxyl groups is 1. The average Bonchev–Trinajstić information content (AvgIpc) is 2.38. The Hall–Kier alpha value is -1.02. The number of phenolic OH excluding ortho intramolecular Hbond substituents is 1. The van der Waals surface area contributed by atoms with Crippen LogP contribution in [-0.2, 0) is 5.41 Å². The van der Waals surface area contributed by atoms with Gasteiger partial charge in [-0.2, -0.15) is 0 Å². The second-order valence-electron chi connectivity index (χ2n) is 6.16. The van der Waals surface area contributed by atoms with Crippen LogP contribution in [0.5, 0.6) is 5.75 Å². The van der Waals surface area contributed by atoms with Gasteiger partial charge in [-0.25, -0.2) is 0 Å². The Bertz CT molecular complexity index is 431. The predicted octanol–water partition coefficient (Wildman–Crippen LogP) is 3.16. The molecule has 2 nitrogen and oxygen atoms in total. The van der Waals surface area contributed by atoms with E-state index in [2.05, 4.69) is 18.0 Å². The summed E-state index contributed by atoms with van der Waals surface area (Å²) in [6.07, 6.45) is 6.61. The van der Waals surface area contributed by atoms with Gasteiger partial charge in [0.2, 0.25) is 0 Å². The summed E-state index contributed by atoms with van der Waals surface area (Å²) in [5.74, 6) is 1.19. The van der Waals surface area contributed by atoms with Gasteiger partial charge < -0.3 is 10.0 Å². The number of hydrogen-bond donors (Lipinski definition) is 1. The van der Waals surface area contributed by atoms with E-state index in [4.69, 9.17) is 0 Å². The van der Waals surface area contributed by atoms with Crippen molar-refractivity contribution < 1.29 is 5.11 Å². The minimum absolute atomic E-state index is 0.337. The monoisotopic (exact) mass is 245 g/mol. The molecule has 0 aromatic heterocycles. The van der Waals surface area contributed by atoms with Gasteiger partial charge >= 0.3 is 0 Å². The van der Waals surface area contributed by atoms with Crippen LogP contribution in [0.4, 0.5) is 0 Å². The van der Waals surface area contributed by atoms with Crippen molar-refractivity contribution >= 4 is 0 Å². The van der Waals surface area contributed by atoms with Gasteiger partial charge in [0.05, 0.1) is 0 Å². The topological polar surface area (TPSA) is 23.5 Å². The molecule has 2 fully saturated rings. The van der Waals surface area contributed by atoms with Gasteiger partial charge in [-0.1, -0.05) is 25.0 Å². The molecule has 0 unspecified atom stereocenters. The Morgan fingerprint density at radius 3 is 3.00 bits per heavy atom. The Kier molecular flexibility index (Phi) is 3.06. The number of fused-ring (bicyclic) bond motifs is 1. The third-order valence-electron chi connectivity index (χ3n) is 5.10. The SMILES string of the molecule is CN1CC[C@@]2(c3cccc(O)c3)CCCC[C@@H]2C1. The fourth-order valence-electron chi connectivity index (χ4n) is 4.10. The van der Waals surface area contributed by atoms with Crippen LogP contribution in [0, 0.1) is 5.92 Å². The molecule has 1 N–H and O–H groups in total. The first-order valence-electron chi connectivity index (χ1n) is 7.19. The lowest BCUT2D eigenvalue weighted by molar-refractivity contribution is 0.0706. The summed E-state index contributed by atoms with van der Waals surface area (Å²) in [6.45, 7) is 2.40. The van der Waals surface area contributed by atoms with Crippen molar-refractivity contribution in [1.82, 2.24) is 4.90 Å². The molecule has 98 valence electrons. The fraction of sp³-hybridized carbons (Fsp3) is 0.625. The molecular weight excluding hydrogens is 222 g/mol. The van der Waals surface area contributed by atoms with Gasteiger partial charge in [0.1, 0.15) is 5.75 Å². The summed E-state index contributed by atoms with van der Waals surface area (Å²) in [6, 6.07) is 8.02. The summed E-state index contributed by atoms with van der Waals surface area (Å²) in [4.78, 5) is 2.47. The molecule has 1 aliphatic heterocycles. The van der Waals surface area contributed by atoms with Gasteiger partial charge in [-0.05, 0) is 56.5 Å². The van der Waals surface area contributed by atoms with Crippen LogP contribution in [0.15, 0.2) is 24.3 Å². The van der Waals surface area contributed by atoms with Gasteiger partial charge in [0.25, 0.3) is 0 Å². The maximum Gasteiger partial charge on any atom is 0.115 e. The van der Waals surface area contributed by atoms with Crippen molar-refractivity contribution in [2.75, 3.05) is 20.1 Å². The Morgan fingerprint density at radius 2 is 2.17 bits per heavy atom. The summed E-state index contributed by atoms with van der Waals surface area (Å²) in [5, 5.41) is 9.77. The Morgan fingerprint density at radius 1 is 1.28 bits per heavy atom. The molecule has 0 spiro atoms. The quantitative estimate of drug-likeness (QED) is 0.821. The minimum Gasteiger partial charge on any atom is -0.508 e. The molecule has 1 aromatic rings. The molecule has 2 atom stereocenters. The first-order valence-corrected chi connectivity index (χ1v) is 7.19. The molecular formula is C16H23NO. The summed E-state index contributed by atoms with van der Waals surface area (Å²) >= 11 is 0. The van der Waals surface area contributed by atoms with Crippen molar-refractivity contribution in [1.29, 1.82) is 0 Å². The highest BCUT2D eigenvalue weighted by Crippen LogP contribution is 2.49. The normalized spacial score (nSPS) is 33.1. The predicted molar refractivity (Wildman–Crippen MR) is 73.9 cm³/mol. The van der Waals surface area contributed by atoms with Crippen LogP contribution in [-0.4, -0.2) is 30.1 Å². The smallest absolute Gasteiger partial charge is 0.115 e. The van der Waals surface area contributed by atoms with E-state index in [-0.39, 0.29) is 0 Å². The number of phenols is 1. The Balaban J connectivity index is 1.99. The van der Waals surface area contributed by atoms with Crippen LogP contribution in [0.25, 0.3) is 0 Å². The molecule has 1 aliphatic carbocycles. The van der Waals surface area contributed by atoms with Gasteiger partial charge in [0, 0.05) is 12.0 Å². The molecule has 1 heterocycles. The zero-order valence-corrected chi connectivity index (χ0v) is 11.2. The van der Waals surface area contributed by atoms with E-state index in [1.54, 1.807) is 6.07 Å². The molecule has 1 saturated heterocycles. The van der Waals surface area contributed by atoms with Gasteiger partial charge in [-0.3, -0.25) is 0 Å². The zero-order valence-electron chi connectivity index (χ0n) is 11.2. The highest BCUT2D eigenvalue weighted by atomic mass is 16.3. The third-order valence-corrected chi connectivity index (χ3v) is 5.10. The fourth-order valence-corrected chi connectivity index (χ4v) is 4.10. The molecule has 18 heavy (non-hydrogen) atoms. The van der Waals surface area contributed by atoms with E-state index in [9.17, 15) is 5.11 Å². The summed E-state index contributed by atoms with van der Waals surface area (Å²) in [5.41, 5.74) is 1.71. The summed E-state index contributed by atoms with van der Waals surface area (Å²) < 4.78 is 0. The average molecular weight is 245 g/mol. The number of rotatable bonds is 1. The van der Waals surface area contributed by atoms with Crippen LogP contribution in [0.3, 0.4) is 0 Å². The maximum absolute atomic E-state index is 9.77. The lowest BCUT2D eigenvalue weighted by Crippen LogP contribution is -2.50. The molecule has 0 amide bonds. The molecule has 2 aliphatic rings. The number of piperidine rings is 1. The lowest BCUT2D eigenvalue weighted by atomic mass is 9.59. The van der Waals surface area contributed by atoms with Crippen molar-refractivity contribution in [3.8, 4) is 5.75 Å². The second-order valence-corrected chi connectivity index (χ2v) is 6.16. The first kappa shape index (κ1) is 12.0. The minimum atomic E-state index is 0.337. The first-order chi connectivity index (χ1) is 8.71. The van der Waals surface area contributed by atoms with Gasteiger partial charge in [-0.15, -0.1) is 0 Å². The van der Waals surface area contributed by atoms with E-state index in [0.29, 0.717) is 11.2 Å². The van der Waals surface area contributed by atoms with Crippen molar-refractivity contribution in [2.45, 2.75) is 37.5 Å². The number of hydrogen-bond acceptors (Lipinski definition) is 2. The molecule has 0 bridgehead atoms. The molecule has 2 heteroatoms. The number of likely N-dealkylation sites (tertiary alicyclic amines) is 1. The van der Waals surface area contributed by atoms with E-state index < -0.39 is 0 Å². The lowest BCUT2D eigenvalue weighted by Gasteiger charge is -2.50. The highest BCUT2D eigenvalue weighted by molar-refractivity contribution is 5.35. The number of benzene rings is 1. The molecule has 0 radical (unpaired) electrons. The van der Waals surface area contributed by atoms with Crippen molar-refractivity contribution in [3.63, 3.8) is 0 Å². The molecule has 3 rings (SSSR count). The van der Waals surface area contributed by atoms with E-state index >= 15 is 0 Å².